The van der Waals surface area contributed by atoms with Crippen LogP contribution in [-0.4, -0.2) is 11.8 Å². The summed E-state index contributed by atoms with van der Waals surface area (Å²) in [5.41, 5.74) is 2.28. The molecule has 0 aliphatic carbocycles. The molecule has 3 nitrogen and oxygen atoms in total. The van der Waals surface area contributed by atoms with Gasteiger partial charge in [-0.1, -0.05) is 12.1 Å². The predicted molar refractivity (Wildman–Crippen MR) is 44.0 cm³/mol. The van der Waals surface area contributed by atoms with E-state index in [4.69, 9.17) is 5.26 Å². The van der Waals surface area contributed by atoms with Crippen LogP contribution in [0.1, 0.15) is 11.1 Å². The van der Waals surface area contributed by atoms with E-state index in [2.05, 4.69) is 6.07 Å². The van der Waals surface area contributed by atoms with Crippen molar-refractivity contribution in [3.05, 3.63) is 29.3 Å². The van der Waals surface area contributed by atoms with Gasteiger partial charge in [-0.3, -0.25) is 10.3 Å². The van der Waals surface area contributed by atoms with E-state index in [9.17, 15) is 5.21 Å². The van der Waals surface area contributed by atoms with Crippen molar-refractivity contribution in [1.29, 1.82) is 5.26 Å². The highest BCUT2D eigenvalue weighted by Crippen LogP contribution is 2.29. The molecule has 0 bridgehead atoms. The van der Waals surface area contributed by atoms with Crippen LogP contribution in [0.15, 0.2) is 18.2 Å². The van der Waals surface area contributed by atoms with Crippen molar-refractivity contribution in [3.63, 3.8) is 0 Å². The number of nitriles is 1. The molecule has 0 fully saturated rings. The highest BCUT2D eigenvalue weighted by atomic mass is 16.5. The molecule has 0 spiro atoms. The lowest BCUT2D eigenvalue weighted by Gasteiger charge is -2.10. The molecule has 0 radical (unpaired) electrons. The van der Waals surface area contributed by atoms with Crippen LogP contribution in [0.3, 0.4) is 0 Å². The Kier molecular flexibility index (Phi) is 1.49. The third-order valence-corrected chi connectivity index (χ3v) is 2.09. The summed E-state index contributed by atoms with van der Waals surface area (Å²) in [6.07, 6.45) is 0.821. The summed E-state index contributed by atoms with van der Waals surface area (Å²) in [5.74, 6) is 0. The number of nitrogens with zero attached hydrogens (tertiary/aromatic N) is 2. The average Bonchev–Trinajstić information content (AvgIpc) is 2.48. The van der Waals surface area contributed by atoms with Crippen LogP contribution >= 0.6 is 0 Å². The molecule has 2 rings (SSSR count). The molecule has 1 N–H and O–H groups in total. The molecule has 60 valence electrons. The molecular formula is C9H8N2O. The standard InChI is InChI=1S/C9H8N2O/c10-6-8-3-1-2-7-4-5-11(12)9(7)8/h1-3,12H,4-5H2. The third-order valence-electron chi connectivity index (χ3n) is 2.09. The van der Waals surface area contributed by atoms with E-state index in [-0.39, 0.29) is 0 Å². The molecule has 1 heterocycles. The van der Waals surface area contributed by atoms with E-state index in [0.29, 0.717) is 17.8 Å². The van der Waals surface area contributed by atoms with E-state index in [1.54, 1.807) is 6.07 Å². The first-order valence-corrected chi connectivity index (χ1v) is 3.81. The number of hydrogen-bond acceptors (Lipinski definition) is 3. The van der Waals surface area contributed by atoms with Gasteiger partial charge in [0, 0.05) is 6.54 Å². The van der Waals surface area contributed by atoms with Gasteiger partial charge in [0.15, 0.2) is 0 Å². The average molecular weight is 160 g/mol. The van der Waals surface area contributed by atoms with Crippen molar-refractivity contribution in [1.82, 2.24) is 0 Å². The summed E-state index contributed by atoms with van der Waals surface area (Å²) in [4.78, 5) is 0. The van der Waals surface area contributed by atoms with Crippen LogP contribution in [0.2, 0.25) is 0 Å². The Morgan fingerprint density at radius 2 is 2.33 bits per heavy atom. The fraction of sp³-hybridized carbons (Fsp3) is 0.222. The Hall–Kier alpha value is -1.53. The second-order valence-electron chi connectivity index (χ2n) is 2.80. The van der Waals surface area contributed by atoms with Crippen LogP contribution in [0.25, 0.3) is 0 Å². The predicted octanol–water partition coefficient (Wildman–Crippen LogP) is 1.31. The SMILES string of the molecule is N#Cc1cccc2c1N(O)CC2. The smallest absolute Gasteiger partial charge is 0.101 e. The molecule has 1 aromatic carbocycles. The van der Waals surface area contributed by atoms with Gasteiger partial charge in [-0.25, -0.2) is 0 Å². The van der Waals surface area contributed by atoms with Gasteiger partial charge in [0.2, 0.25) is 0 Å². The van der Waals surface area contributed by atoms with Gasteiger partial charge in [-0.2, -0.15) is 5.26 Å². The summed E-state index contributed by atoms with van der Waals surface area (Å²) < 4.78 is 0. The molecule has 1 aliphatic rings. The number of fused-ring (bicyclic) bond motifs is 1. The van der Waals surface area contributed by atoms with Gasteiger partial charge in [-0.15, -0.1) is 0 Å². The van der Waals surface area contributed by atoms with Gasteiger partial charge in [0.05, 0.1) is 11.3 Å². The minimum absolute atomic E-state index is 0.549. The van der Waals surface area contributed by atoms with Crippen molar-refractivity contribution in [3.8, 4) is 6.07 Å². The fourth-order valence-corrected chi connectivity index (χ4v) is 1.53. The topological polar surface area (TPSA) is 47.3 Å². The maximum absolute atomic E-state index is 9.38. The van der Waals surface area contributed by atoms with Crippen molar-refractivity contribution < 1.29 is 5.21 Å². The zero-order valence-corrected chi connectivity index (χ0v) is 6.49. The minimum atomic E-state index is 0.549. The van der Waals surface area contributed by atoms with Gasteiger partial charge in [0.25, 0.3) is 0 Å². The van der Waals surface area contributed by atoms with E-state index in [1.165, 1.54) is 0 Å². The Labute approximate surface area is 70.4 Å². The van der Waals surface area contributed by atoms with Crippen LogP contribution in [0, 0.1) is 11.3 Å². The van der Waals surface area contributed by atoms with Crippen LogP contribution in [0.4, 0.5) is 5.69 Å². The molecule has 0 saturated heterocycles. The normalized spacial score (nSPS) is 14.2. The van der Waals surface area contributed by atoms with Crippen molar-refractivity contribution in [2.45, 2.75) is 6.42 Å². The number of hydrogen-bond donors (Lipinski definition) is 1. The number of benzene rings is 1. The van der Waals surface area contributed by atoms with Gasteiger partial charge in [0.1, 0.15) is 6.07 Å². The summed E-state index contributed by atoms with van der Waals surface area (Å²) in [7, 11) is 0. The van der Waals surface area contributed by atoms with E-state index >= 15 is 0 Å². The summed E-state index contributed by atoms with van der Waals surface area (Å²) >= 11 is 0. The first kappa shape index (κ1) is 7.14. The largest absolute Gasteiger partial charge is 0.288 e. The van der Waals surface area contributed by atoms with Crippen LogP contribution < -0.4 is 5.06 Å². The van der Waals surface area contributed by atoms with Crippen molar-refractivity contribution in [2.75, 3.05) is 11.6 Å². The molecule has 3 heteroatoms. The Bertz CT molecular complexity index is 354. The van der Waals surface area contributed by atoms with Gasteiger partial charge in [-0.05, 0) is 18.1 Å². The number of para-hydroxylation sites is 1. The Balaban J connectivity index is 2.62. The molecule has 0 atom stereocenters. The minimum Gasteiger partial charge on any atom is -0.288 e. The maximum atomic E-state index is 9.38. The molecule has 12 heavy (non-hydrogen) atoms. The van der Waals surface area contributed by atoms with E-state index in [0.717, 1.165) is 17.0 Å². The molecule has 1 aromatic rings. The Morgan fingerprint density at radius 1 is 1.50 bits per heavy atom. The highest BCUT2D eigenvalue weighted by molar-refractivity contribution is 5.65. The number of anilines is 1. The van der Waals surface area contributed by atoms with Crippen molar-refractivity contribution in [2.24, 2.45) is 0 Å². The fourth-order valence-electron chi connectivity index (χ4n) is 1.53. The zero-order valence-electron chi connectivity index (χ0n) is 6.49. The first-order chi connectivity index (χ1) is 5.83. The monoisotopic (exact) mass is 160 g/mol. The van der Waals surface area contributed by atoms with Crippen LogP contribution in [0.5, 0.6) is 0 Å². The molecule has 0 aromatic heterocycles. The summed E-state index contributed by atoms with van der Waals surface area (Å²) in [6.45, 7) is 0.591. The quantitative estimate of drug-likeness (QED) is 0.622. The van der Waals surface area contributed by atoms with Crippen LogP contribution in [-0.2, 0) is 6.42 Å². The molecule has 0 saturated carbocycles. The number of rotatable bonds is 0. The van der Waals surface area contributed by atoms with Gasteiger partial charge < -0.3 is 0 Å². The zero-order chi connectivity index (χ0) is 8.55. The van der Waals surface area contributed by atoms with Gasteiger partial charge >= 0.3 is 0 Å². The second-order valence-corrected chi connectivity index (χ2v) is 2.80. The van der Waals surface area contributed by atoms with E-state index in [1.807, 2.05) is 12.1 Å². The molecule has 0 amide bonds. The summed E-state index contributed by atoms with van der Waals surface area (Å²) in [6, 6.07) is 7.55. The molecular weight excluding hydrogens is 152 g/mol. The maximum Gasteiger partial charge on any atom is 0.101 e. The van der Waals surface area contributed by atoms with E-state index < -0.39 is 0 Å². The Morgan fingerprint density at radius 3 is 3.08 bits per heavy atom. The second kappa shape index (κ2) is 2.50. The highest BCUT2D eigenvalue weighted by Gasteiger charge is 2.20. The first-order valence-electron chi connectivity index (χ1n) is 3.81. The molecule has 0 unspecified atom stereocenters. The molecule has 1 aliphatic heterocycles. The third kappa shape index (κ3) is 0.858. The number of hydroxylamine groups is 1. The lowest BCUT2D eigenvalue weighted by Crippen LogP contribution is -2.14. The van der Waals surface area contributed by atoms with Crippen molar-refractivity contribution >= 4 is 5.69 Å². The summed E-state index contributed by atoms with van der Waals surface area (Å²) in [5, 5.41) is 19.3. The lowest BCUT2D eigenvalue weighted by atomic mass is 10.1. The lowest BCUT2D eigenvalue weighted by molar-refractivity contribution is 0.264.